The molecule has 0 spiro atoms. The molecule has 0 fully saturated rings. The monoisotopic (exact) mass is 325 g/mol. The van der Waals surface area contributed by atoms with Crippen molar-refractivity contribution in [3.05, 3.63) is 56.2 Å². The minimum absolute atomic E-state index is 0.371. The average Bonchev–Trinajstić information content (AvgIpc) is 2.96. The number of fused-ring (bicyclic) bond motifs is 3. The number of benzene rings is 1. The van der Waals surface area contributed by atoms with Gasteiger partial charge in [-0.3, -0.25) is 14.3 Å². The maximum absolute atomic E-state index is 12.2. The van der Waals surface area contributed by atoms with Gasteiger partial charge in [-0.2, -0.15) is 4.98 Å². The number of anilines is 1. The normalized spacial score (nSPS) is 14.2. The smallest absolute Gasteiger partial charge is 0.329 e. The van der Waals surface area contributed by atoms with Gasteiger partial charge in [0, 0.05) is 26.7 Å². The van der Waals surface area contributed by atoms with Gasteiger partial charge in [-0.1, -0.05) is 29.8 Å². The first-order valence-corrected chi connectivity index (χ1v) is 8.04. The third-order valence-electron chi connectivity index (χ3n) is 4.57. The molecular weight excluding hydrogens is 306 g/mol. The van der Waals surface area contributed by atoms with Crippen LogP contribution in [0.25, 0.3) is 11.2 Å². The maximum atomic E-state index is 12.2. The molecule has 0 saturated heterocycles. The lowest BCUT2D eigenvalue weighted by atomic mass is 10.1. The number of hydrogen-bond donors (Lipinski definition) is 1. The predicted octanol–water partition coefficient (Wildman–Crippen LogP) is 1.14. The molecule has 0 bridgehead atoms. The first-order valence-electron chi connectivity index (χ1n) is 8.04. The SMILES string of the molecule is Cc1ccc(CN2CCCn3c2nc2c3c(=O)[nH]c(=O)n2C)cc1. The van der Waals surface area contributed by atoms with Gasteiger partial charge >= 0.3 is 5.69 Å². The number of aromatic amines is 1. The van der Waals surface area contributed by atoms with Crippen molar-refractivity contribution in [3.63, 3.8) is 0 Å². The first-order chi connectivity index (χ1) is 11.5. The molecule has 1 N–H and O–H groups in total. The van der Waals surface area contributed by atoms with Crippen LogP contribution < -0.4 is 16.1 Å². The zero-order valence-electron chi connectivity index (χ0n) is 13.7. The lowest BCUT2D eigenvalue weighted by Gasteiger charge is -2.29. The van der Waals surface area contributed by atoms with Crippen LogP contribution in [0.5, 0.6) is 0 Å². The largest absolute Gasteiger partial charge is 0.338 e. The highest BCUT2D eigenvalue weighted by Gasteiger charge is 2.24. The first kappa shape index (κ1) is 14.7. The molecule has 3 aromatic rings. The number of nitrogens with one attached hydrogen (secondary N) is 1. The lowest BCUT2D eigenvalue weighted by molar-refractivity contribution is 0.563. The van der Waals surface area contributed by atoms with Crippen LogP contribution in [-0.4, -0.2) is 25.6 Å². The van der Waals surface area contributed by atoms with Gasteiger partial charge in [-0.25, -0.2) is 4.79 Å². The quantitative estimate of drug-likeness (QED) is 0.767. The van der Waals surface area contributed by atoms with E-state index in [1.165, 1.54) is 15.7 Å². The molecule has 4 rings (SSSR count). The van der Waals surface area contributed by atoms with E-state index in [9.17, 15) is 9.59 Å². The number of imidazole rings is 1. The van der Waals surface area contributed by atoms with E-state index in [2.05, 4.69) is 46.1 Å². The van der Waals surface area contributed by atoms with Crippen LogP contribution in [0.1, 0.15) is 17.5 Å². The summed E-state index contributed by atoms with van der Waals surface area (Å²) >= 11 is 0. The topological polar surface area (TPSA) is 75.9 Å². The van der Waals surface area contributed by atoms with Crippen LogP contribution in [-0.2, 0) is 20.1 Å². The molecule has 0 saturated carbocycles. The number of rotatable bonds is 2. The van der Waals surface area contributed by atoms with E-state index in [0.717, 1.165) is 32.0 Å². The van der Waals surface area contributed by atoms with Crippen molar-refractivity contribution in [3.8, 4) is 0 Å². The van der Waals surface area contributed by atoms with Gasteiger partial charge in [0.1, 0.15) is 0 Å². The molecule has 24 heavy (non-hydrogen) atoms. The predicted molar refractivity (Wildman–Crippen MR) is 92.4 cm³/mol. The standard InChI is InChI=1S/C17H19N5O2/c1-11-4-6-12(7-5-11)10-21-8-3-9-22-13-14(18-16(21)22)20(2)17(24)19-15(13)23/h4-7H,3,8-10H2,1-2H3,(H,19,23,24). The summed E-state index contributed by atoms with van der Waals surface area (Å²) in [5.74, 6) is 0.753. The lowest BCUT2D eigenvalue weighted by Crippen LogP contribution is -2.33. The number of aryl methyl sites for hydroxylation is 3. The van der Waals surface area contributed by atoms with E-state index in [1.807, 2.05) is 4.57 Å². The Morgan fingerprint density at radius 2 is 1.92 bits per heavy atom. The Morgan fingerprint density at radius 3 is 2.67 bits per heavy atom. The van der Waals surface area contributed by atoms with Crippen molar-refractivity contribution in [2.75, 3.05) is 11.4 Å². The Balaban J connectivity index is 1.83. The second kappa shape index (κ2) is 5.36. The van der Waals surface area contributed by atoms with E-state index < -0.39 is 5.69 Å². The number of hydrogen-bond acceptors (Lipinski definition) is 4. The van der Waals surface area contributed by atoms with Gasteiger partial charge < -0.3 is 9.47 Å². The summed E-state index contributed by atoms with van der Waals surface area (Å²) in [5, 5.41) is 0. The molecule has 1 aromatic carbocycles. The third-order valence-corrected chi connectivity index (χ3v) is 4.57. The van der Waals surface area contributed by atoms with Crippen LogP contribution >= 0.6 is 0 Å². The molecule has 7 nitrogen and oxygen atoms in total. The summed E-state index contributed by atoms with van der Waals surface area (Å²) in [6.07, 6.45) is 0.937. The van der Waals surface area contributed by atoms with Crippen molar-refractivity contribution < 1.29 is 0 Å². The summed E-state index contributed by atoms with van der Waals surface area (Å²) < 4.78 is 3.32. The minimum atomic E-state index is -0.437. The van der Waals surface area contributed by atoms with Crippen LogP contribution in [0.4, 0.5) is 5.95 Å². The molecule has 0 atom stereocenters. The van der Waals surface area contributed by atoms with Gasteiger partial charge in [-0.15, -0.1) is 0 Å². The Hall–Kier alpha value is -2.83. The highest BCUT2D eigenvalue weighted by atomic mass is 16.2. The summed E-state index contributed by atoms with van der Waals surface area (Å²) in [7, 11) is 1.63. The molecule has 0 aliphatic carbocycles. The molecule has 2 aromatic heterocycles. The fourth-order valence-electron chi connectivity index (χ4n) is 3.26. The molecule has 3 heterocycles. The molecule has 1 aliphatic rings. The highest BCUT2D eigenvalue weighted by Crippen LogP contribution is 2.25. The van der Waals surface area contributed by atoms with Crippen molar-refractivity contribution in [1.29, 1.82) is 0 Å². The second-order valence-electron chi connectivity index (χ2n) is 6.31. The summed E-state index contributed by atoms with van der Waals surface area (Å²) in [5.41, 5.74) is 2.53. The van der Waals surface area contributed by atoms with Gasteiger partial charge in [0.2, 0.25) is 5.95 Å². The van der Waals surface area contributed by atoms with E-state index in [-0.39, 0.29) is 5.56 Å². The van der Waals surface area contributed by atoms with Gasteiger partial charge in [-0.05, 0) is 18.9 Å². The van der Waals surface area contributed by atoms with Crippen molar-refractivity contribution in [1.82, 2.24) is 19.1 Å². The van der Waals surface area contributed by atoms with Crippen LogP contribution in [0.3, 0.4) is 0 Å². The van der Waals surface area contributed by atoms with Crippen molar-refractivity contribution in [2.24, 2.45) is 7.05 Å². The van der Waals surface area contributed by atoms with E-state index in [0.29, 0.717) is 11.2 Å². The second-order valence-corrected chi connectivity index (χ2v) is 6.31. The zero-order valence-corrected chi connectivity index (χ0v) is 13.7. The maximum Gasteiger partial charge on any atom is 0.329 e. The Kier molecular flexibility index (Phi) is 3.30. The fourth-order valence-corrected chi connectivity index (χ4v) is 3.26. The highest BCUT2D eigenvalue weighted by molar-refractivity contribution is 5.74. The van der Waals surface area contributed by atoms with Gasteiger partial charge in [0.25, 0.3) is 5.56 Å². The summed E-state index contributed by atoms with van der Waals surface area (Å²) in [4.78, 5) is 33.2. The average molecular weight is 325 g/mol. The van der Waals surface area contributed by atoms with Crippen molar-refractivity contribution >= 4 is 17.1 Å². The van der Waals surface area contributed by atoms with Gasteiger partial charge in [0.05, 0.1) is 0 Å². The Labute approximate surface area is 138 Å². The third kappa shape index (κ3) is 2.24. The molecule has 0 amide bonds. The molecular formula is C17H19N5O2. The summed E-state index contributed by atoms with van der Waals surface area (Å²) in [6, 6.07) is 8.41. The number of aromatic nitrogens is 4. The van der Waals surface area contributed by atoms with E-state index in [1.54, 1.807) is 7.05 Å². The van der Waals surface area contributed by atoms with Crippen molar-refractivity contribution in [2.45, 2.75) is 26.4 Å². The van der Waals surface area contributed by atoms with E-state index in [4.69, 9.17) is 0 Å². The zero-order chi connectivity index (χ0) is 16.8. The molecule has 1 aliphatic heterocycles. The summed E-state index contributed by atoms with van der Waals surface area (Å²) in [6.45, 7) is 4.41. The number of H-pyrrole nitrogens is 1. The Bertz CT molecular complexity index is 1030. The van der Waals surface area contributed by atoms with Crippen LogP contribution in [0, 0.1) is 6.92 Å². The molecule has 0 unspecified atom stereocenters. The molecule has 7 heteroatoms. The van der Waals surface area contributed by atoms with Crippen LogP contribution in [0.2, 0.25) is 0 Å². The minimum Gasteiger partial charge on any atom is -0.338 e. The van der Waals surface area contributed by atoms with E-state index >= 15 is 0 Å². The molecule has 0 radical (unpaired) electrons. The number of nitrogens with zero attached hydrogens (tertiary/aromatic N) is 4. The fraction of sp³-hybridized carbons (Fsp3) is 0.353. The van der Waals surface area contributed by atoms with Crippen LogP contribution in [0.15, 0.2) is 33.9 Å². The van der Waals surface area contributed by atoms with Gasteiger partial charge in [0.15, 0.2) is 11.2 Å². The molecule has 124 valence electrons. The Morgan fingerprint density at radius 1 is 1.17 bits per heavy atom.